The molecule has 1 N–H and O–H groups in total. The van der Waals surface area contributed by atoms with Gasteiger partial charge in [-0.05, 0) is 48.9 Å². The molecule has 1 fully saturated rings. The smallest absolute Gasteiger partial charge is 0.374 e. The molecule has 2 aliphatic heterocycles. The number of benzene rings is 2. The zero-order valence-corrected chi connectivity index (χ0v) is 14.7. The summed E-state index contributed by atoms with van der Waals surface area (Å²) in [5.74, 6) is -0.646. The van der Waals surface area contributed by atoms with Crippen LogP contribution in [0, 0.1) is 18.3 Å². The van der Waals surface area contributed by atoms with E-state index in [-0.39, 0.29) is 35.6 Å². The molecule has 1 atom stereocenters. The molecule has 2 aromatic rings. The van der Waals surface area contributed by atoms with E-state index in [0.29, 0.717) is 11.3 Å². The molecule has 4 rings (SSSR count). The summed E-state index contributed by atoms with van der Waals surface area (Å²) in [6.07, 6.45) is -4.50. The first kappa shape index (κ1) is 18.2. The summed E-state index contributed by atoms with van der Waals surface area (Å²) in [6.45, 7) is 1.55. The molecule has 5 nitrogen and oxygen atoms in total. The average Bonchev–Trinajstić information content (AvgIpc) is 2.99. The third-order valence-corrected chi connectivity index (χ3v) is 5.13. The maximum atomic E-state index is 13.3. The first-order valence-corrected chi connectivity index (χ1v) is 8.51. The number of hydrogen-bond donors (Lipinski definition) is 1. The monoisotopic (exact) mass is 385 g/mol. The lowest BCUT2D eigenvalue weighted by molar-refractivity contribution is -0.138. The summed E-state index contributed by atoms with van der Waals surface area (Å²) in [6, 6.07) is 10.4. The number of amidine groups is 1. The Morgan fingerprint density at radius 2 is 1.93 bits per heavy atom. The Morgan fingerprint density at radius 3 is 2.54 bits per heavy atom. The Labute approximate surface area is 158 Å². The minimum absolute atomic E-state index is 0.00619. The van der Waals surface area contributed by atoms with Crippen molar-refractivity contribution in [3.05, 3.63) is 58.7 Å². The molecule has 142 valence electrons. The largest absolute Gasteiger partial charge is 0.416 e. The minimum Gasteiger partial charge on any atom is -0.374 e. The van der Waals surface area contributed by atoms with Crippen LogP contribution in [0.1, 0.15) is 33.5 Å². The highest BCUT2D eigenvalue weighted by Gasteiger charge is 2.52. The van der Waals surface area contributed by atoms with Crippen molar-refractivity contribution in [1.82, 2.24) is 0 Å². The van der Waals surface area contributed by atoms with Gasteiger partial charge in [-0.25, -0.2) is 4.99 Å². The number of alkyl halides is 3. The predicted molar refractivity (Wildman–Crippen MR) is 95.7 cm³/mol. The van der Waals surface area contributed by atoms with Crippen molar-refractivity contribution in [3.8, 4) is 6.07 Å². The zero-order valence-electron chi connectivity index (χ0n) is 14.7. The summed E-state index contributed by atoms with van der Waals surface area (Å²) < 4.78 is 39.8. The molecule has 0 spiro atoms. The van der Waals surface area contributed by atoms with Gasteiger partial charge in [-0.15, -0.1) is 0 Å². The maximum absolute atomic E-state index is 13.3. The van der Waals surface area contributed by atoms with Crippen molar-refractivity contribution >= 4 is 23.0 Å². The van der Waals surface area contributed by atoms with Crippen molar-refractivity contribution < 1.29 is 23.1 Å². The summed E-state index contributed by atoms with van der Waals surface area (Å²) in [7, 11) is 0. The number of anilines is 1. The van der Waals surface area contributed by atoms with Crippen LogP contribution in [0.3, 0.4) is 0 Å². The summed E-state index contributed by atoms with van der Waals surface area (Å²) in [5.41, 5.74) is -1.93. The Balaban J connectivity index is 1.86. The van der Waals surface area contributed by atoms with Crippen molar-refractivity contribution in [3.63, 3.8) is 0 Å². The molecule has 2 aromatic carbocycles. The predicted octanol–water partition coefficient (Wildman–Crippen LogP) is 3.75. The van der Waals surface area contributed by atoms with Gasteiger partial charge in [0.1, 0.15) is 5.84 Å². The fourth-order valence-corrected chi connectivity index (χ4v) is 3.66. The normalized spacial score (nSPS) is 21.1. The Bertz CT molecular complexity index is 1070. The molecule has 0 bridgehead atoms. The topological polar surface area (TPSA) is 76.7 Å². The molecule has 28 heavy (non-hydrogen) atoms. The number of ketones is 1. The van der Waals surface area contributed by atoms with Crippen LogP contribution in [0.15, 0.2) is 41.4 Å². The van der Waals surface area contributed by atoms with Crippen LogP contribution in [0.2, 0.25) is 0 Å². The van der Waals surface area contributed by atoms with E-state index in [1.807, 2.05) is 6.07 Å². The second-order valence-electron chi connectivity index (χ2n) is 6.87. The quantitative estimate of drug-likeness (QED) is 0.811. The first-order chi connectivity index (χ1) is 13.1. The number of rotatable bonds is 1. The molecule has 0 saturated carbocycles. The SMILES string of the molecule is Cc1cc2c(cc1C(F)(F)F)N=C1N(c3ccc(C#N)cc3)CC[C@@]1(O)C2=O. The van der Waals surface area contributed by atoms with Gasteiger partial charge in [-0.1, -0.05) is 0 Å². The van der Waals surface area contributed by atoms with Gasteiger partial charge in [0.2, 0.25) is 5.78 Å². The summed E-state index contributed by atoms with van der Waals surface area (Å²) in [5, 5.41) is 19.9. The molecule has 0 unspecified atom stereocenters. The van der Waals surface area contributed by atoms with Crippen LogP contribution in [-0.2, 0) is 6.18 Å². The van der Waals surface area contributed by atoms with Gasteiger partial charge in [0.05, 0.1) is 22.9 Å². The molecule has 0 aliphatic carbocycles. The first-order valence-electron chi connectivity index (χ1n) is 8.51. The average molecular weight is 385 g/mol. The molecular weight excluding hydrogens is 371 g/mol. The number of aliphatic hydroxyl groups is 1. The minimum atomic E-state index is -4.57. The second kappa shape index (κ2) is 5.91. The molecule has 1 saturated heterocycles. The number of Topliss-reactive ketones (excluding diaryl/α,β-unsaturated/α-hetero) is 1. The van der Waals surface area contributed by atoms with E-state index in [4.69, 9.17) is 5.26 Å². The lowest BCUT2D eigenvalue weighted by Gasteiger charge is -2.30. The van der Waals surface area contributed by atoms with Crippen LogP contribution in [0.4, 0.5) is 24.5 Å². The molecule has 0 radical (unpaired) electrons. The van der Waals surface area contributed by atoms with Gasteiger partial charge >= 0.3 is 6.18 Å². The van der Waals surface area contributed by atoms with E-state index >= 15 is 0 Å². The highest BCUT2D eigenvalue weighted by atomic mass is 19.4. The number of halogens is 3. The highest BCUT2D eigenvalue weighted by Crippen LogP contribution is 2.43. The molecule has 2 heterocycles. The van der Waals surface area contributed by atoms with E-state index < -0.39 is 23.1 Å². The Kier molecular flexibility index (Phi) is 3.84. The number of carbonyl (C=O) groups is 1. The van der Waals surface area contributed by atoms with Gasteiger partial charge in [-0.3, -0.25) is 4.79 Å². The molecule has 8 heteroatoms. The number of hydrogen-bond acceptors (Lipinski definition) is 5. The summed E-state index contributed by atoms with van der Waals surface area (Å²) in [4.78, 5) is 18.8. The van der Waals surface area contributed by atoms with Gasteiger partial charge in [-0.2, -0.15) is 18.4 Å². The molecule has 2 aliphatic rings. The number of nitrogens with zero attached hydrogens (tertiary/aromatic N) is 3. The number of fused-ring (bicyclic) bond motifs is 2. The van der Waals surface area contributed by atoms with E-state index in [1.165, 1.54) is 6.92 Å². The number of carbonyl (C=O) groups excluding carboxylic acids is 1. The third-order valence-electron chi connectivity index (χ3n) is 5.13. The molecule has 0 aromatic heterocycles. The van der Waals surface area contributed by atoms with E-state index in [1.54, 1.807) is 29.2 Å². The highest BCUT2D eigenvalue weighted by molar-refractivity contribution is 6.28. The van der Waals surface area contributed by atoms with Gasteiger partial charge in [0.25, 0.3) is 0 Å². The zero-order chi connectivity index (χ0) is 20.3. The van der Waals surface area contributed by atoms with Crippen molar-refractivity contribution in [1.29, 1.82) is 5.26 Å². The second-order valence-corrected chi connectivity index (χ2v) is 6.87. The van der Waals surface area contributed by atoms with Crippen LogP contribution < -0.4 is 4.90 Å². The maximum Gasteiger partial charge on any atom is 0.416 e. The molecule has 0 amide bonds. The van der Waals surface area contributed by atoms with E-state index in [0.717, 1.165) is 12.1 Å². The lowest BCUT2D eigenvalue weighted by Crippen LogP contribution is -2.48. The lowest BCUT2D eigenvalue weighted by atomic mass is 9.86. The fourth-order valence-electron chi connectivity index (χ4n) is 3.66. The summed E-state index contributed by atoms with van der Waals surface area (Å²) >= 11 is 0. The third kappa shape index (κ3) is 2.59. The number of aliphatic imine (C=N–C) groups is 1. The Morgan fingerprint density at radius 1 is 1.25 bits per heavy atom. The van der Waals surface area contributed by atoms with Crippen LogP contribution in [0.5, 0.6) is 0 Å². The van der Waals surface area contributed by atoms with E-state index in [9.17, 15) is 23.1 Å². The molecular formula is C20H14F3N3O2. The standard InChI is InChI=1S/C20H14F3N3O2/c1-11-8-14-16(9-15(11)20(21,22)23)25-18-19(28,17(14)27)6-7-26(18)13-4-2-12(10-24)3-5-13/h2-5,8-9,28H,6-7H2,1H3/t19-/m1/s1. The number of aryl methyl sites for hydroxylation is 1. The number of nitriles is 1. The fraction of sp³-hybridized carbons (Fsp3) is 0.250. The van der Waals surface area contributed by atoms with Gasteiger partial charge in [0, 0.05) is 24.2 Å². The van der Waals surface area contributed by atoms with E-state index in [2.05, 4.69) is 4.99 Å². The van der Waals surface area contributed by atoms with Crippen LogP contribution >= 0.6 is 0 Å². The van der Waals surface area contributed by atoms with Crippen LogP contribution in [0.25, 0.3) is 0 Å². The van der Waals surface area contributed by atoms with Crippen molar-refractivity contribution in [2.45, 2.75) is 25.1 Å². The van der Waals surface area contributed by atoms with Crippen molar-refractivity contribution in [2.75, 3.05) is 11.4 Å². The van der Waals surface area contributed by atoms with Gasteiger partial charge in [0.15, 0.2) is 5.60 Å². The van der Waals surface area contributed by atoms with Gasteiger partial charge < -0.3 is 10.0 Å². The van der Waals surface area contributed by atoms with Crippen LogP contribution in [-0.4, -0.2) is 28.9 Å². The van der Waals surface area contributed by atoms with Crippen molar-refractivity contribution in [2.24, 2.45) is 4.99 Å². The Hall–Kier alpha value is -3.18.